The molecular formula is C11H16N2O. The van der Waals surface area contributed by atoms with Gasteiger partial charge in [-0.05, 0) is 31.4 Å². The van der Waals surface area contributed by atoms with Gasteiger partial charge in [0.1, 0.15) is 5.82 Å². The molecule has 1 aliphatic rings. The van der Waals surface area contributed by atoms with Crippen molar-refractivity contribution in [3.8, 4) is 0 Å². The first-order chi connectivity index (χ1) is 6.92. The Morgan fingerprint density at radius 3 is 3.14 bits per heavy atom. The van der Waals surface area contributed by atoms with Gasteiger partial charge in [-0.25, -0.2) is 4.98 Å². The van der Waals surface area contributed by atoms with Crippen molar-refractivity contribution in [3.05, 3.63) is 24.4 Å². The standard InChI is InChI=1S/C11H16N2O/c14-9-6-10-4-3-8-13(10)11-5-1-2-7-12-11/h1-2,5,7,10,14H,3-4,6,8-9H2. The van der Waals surface area contributed by atoms with Gasteiger partial charge in [-0.2, -0.15) is 0 Å². The van der Waals surface area contributed by atoms with E-state index in [9.17, 15) is 0 Å². The van der Waals surface area contributed by atoms with Crippen molar-refractivity contribution in [2.24, 2.45) is 0 Å². The molecule has 76 valence electrons. The molecule has 14 heavy (non-hydrogen) atoms. The third-order valence-electron chi connectivity index (χ3n) is 2.78. The zero-order valence-electron chi connectivity index (χ0n) is 8.26. The lowest BCUT2D eigenvalue weighted by Gasteiger charge is -2.24. The zero-order valence-corrected chi connectivity index (χ0v) is 8.26. The second kappa shape index (κ2) is 4.42. The maximum Gasteiger partial charge on any atom is 0.128 e. The minimum Gasteiger partial charge on any atom is -0.396 e. The summed E-state index contributed by atoms with van der Waals surface area (Å²) >= 11 is 0. The molecule has 0 saturated carbocycles. The molecular weight excluding hydrogens is 176 g/mol. The van der Waals surface area contributed by atoms with E-state index in [4.69, 9.17) is 5.11 Å². The van der Waals surface area contributed by atoms with Crippen molar-refractivity contribution >= 4 is 5.82 Å². The van der Waals surface area contributed by atoms with Gasteiger partial charge in [-0.1, -0.05) is 6.07 Å². The van der Waals surface area contributed by atoms with E-state index >= 15 is 0 Å². The van der Waals surface area contributed by atoms with Crippen molar-refractivity contribution in [2.45, 2.75) is 25.3 Å². The van der Waals surface area contributed by atoms with Crippen molar-refractivity contribution < 1.29 is 5.11 Å². The van der Waals surface area contributed by atoms with Crippen LogP contribution in [0.15, 0.2) is 24.4 Å². The number of aliphatic hydroxyl groups excluding tert-OH is 1. The number of pyridine rings is 1. The Bertz CT molecular complexity index is 276. The van der Waals surface area contributed by atoms with Gasteiger partial charge in [-0.15, -0.1) is 0 Å². The van der Waals surface area contributed by atoms with Gasteiger partial charge >= 0.3 is 0 Å². The topological polar surface area (TPSA) is 36.4 Å². The number of rotatable bonds is 3. The molecule has 1 fully saturated rings. The molecule has 0 amide bonds. The molecule has 1 unspecified atom stereocenters. The van der Waals surface area contributed by atoms with Gasteiger partial charge in [0.05, 0.1) is 0 Å². The number of nitrogens with zero attached hydrogens (tertiary/aromatic N) is 2. The van der Waals surface area contributed by atoms with Crippen molar-refractivity contribution in [1.29, 1.82) is 0 Å². The average molecular weight is 192 g/mol. The predicted molar refractivity (Wildman–Crippen MR) is 56.3 cm³/mol. The monoisotopic (exact) mass is 192 g/mol. The van der Waals surface area contributed by atoms with Crippen LogP contribution < -0.4 is 4.90 Å². The highest BCUT2D eigenvalue weighted by Crippen LogP contribution is 2.24. The van der Waals surface area contributed by atoms with Gasteiger partial charge in [0, 0.05) is 25.4 Å². The molecule has 1 atom stereocenters. The number of aromatic nitrogens is 1. The molecule has 3 heteroatoms. The fraction of sp³-hybridized carbons (Fsp3) is 0.545. The van der Waals surface area contributed by atoms with Crippen LogP contribution in [-0.2, 0) is 0 Å². The summed E-state index contributed by atoms with van der Waals surface area (Å²) in [5.41, 5.74) is 0. The quantitative estimate of drug-likeness (QED) is 0.787. The highest BCUT2D eigenvalue weighted by molar-refractivity contribution is 5.40. The normalized spacial score (nSPS) is 21.5. The van der Waals surface area contributed by atoms with E-state index in [0.717, 1.165) is 18.8 Å². The first-order valence-corrected chi connectivity index (χ1v) is 5.20. The molecule has 1 aromatic heterocycles. The third kappa shape index (κ3) is 1.87. The molecule has 2 heterocycles. The van der Waals surface area contributed by atoms with Gasteiger partial charge in [0.25, 0.3) is 0 Å². The van der Waals surface area contributed by atoms with Crippen LogP contribution in [0.4, 0.5) is 5.82 Å². The lowest BCUT2D eigenvalue weighted by molar-refractivity contribution is 0.275. The number of aliphatic hydroxyl groups is 1. The largest absolute Gasteiger partial charge is 0.396 e. The minimum absolute atomic E-state index is 0.272. The van der Waals surface area contributed by atoms with Gasteiger partial charge in [0.15, 0.2) is 0 Å². The Balaban J connectivity index is 2.10. The fourth-order valence-electron chi connectivity index (χ4n) is 2.11. The molecule has 0 aliphatic carbocycles. The van der Waals surface area contributed by atoms with Crippen LogP contribution in [0.5, 0.6) is 0 Å². The summed E-state index contributed by atoms with van der Waals surface area (Å²) in [5, 5.41) is 8.94. The maximum atomic E-state index is 8.94. The second-order valence-corrected chi connectivity index (χ2v) is 3.69. The highest BCUT2D eigenvalue weighted by Gasteiger charge is 2.24. The first kappa shape index (κ1) is 9.46. The van der Waals surface area contributed by atoms with E-state index in [1.807, 2.05) is 24.4 Å². The molecule has 0 spiro atoms. The Morgan fingerprint density at radius 2 is 2.43 bits per heavy atom. The van der Waals surface area contributed by atoms with Gasteiger partial charge in [-0.3, -0.25) is 0 Å². The summed E-state index contributed by atoms with van der Waals surface area (Å²) in [6.07, 6.45) is 5.07. The average Bonchev–Trinajstić information content (AvgIpc) is 2.68. The van der Waals surface area contributed by atoms with Crippen LogP contribution in [0, 0.1) is 0 Å². The van der Waals surface area contributed by atoms with E-state index in [0.29, 0.717) is 6.04 Å². The van der Waals surface area contributed by atoms with E-state index in [1.54, 1.807) is 0 Å². The predicted octanol–water partition coefficient (Wildman–Crippen LogP) is 1.43. The number of anilines is 1. The lowest BCUT2D eigenvalue weighted by atomic mass is 10.1. The van der Waals surface area contributed by atoms with Crippen LogP contribution in [0.1, 0.15) is 19.3 Å². The molecule has 0 bridgehead atoms. The molecule has 3 nitrogen and oxygen atoms in total. The fourth-order valence-corrected chi connectivity index (χ4v) is 2.11. The van der Waals surface area contributed by atoms with Crippen LogP contribution in [-0.4, -0.2) is 29.3 Å². The Hall–Kier alpha value is -1.09. The van der Waals surface area contributed by atoms with E-state index in [-0.39, 0.29) is 6.61 Å². The number of hydrogen-bond acceptors (Lipinski definition) is 3. The van der Waals surface area contributed by atoms with E-state index in [1.165, 1.54) is 12.8 Å². The van der Waals surface area contributed by atoms with E-state index < -0.39 is 0 Å². The van der Waals surface area contributed by atoms with Crippen molar-refractivity contribution in [2.75, 3.05) is 18.1 Å². The van der Waals surface area contributed by atoms with E-state index in [2.05, 4.69) is 9.88 Å². The first-order valence-electron chi connectivity index (χ1n) is 5.20. The molecule has 0 radical (unpaired) electrons. The third-order valence-corrected chi connectivity index (χ3v) is 2.78. The minimum atomic E-state index is 0.272. The molecule has 1 N–H and O–H groups in total. The van der Waals surface area contributed by atoms with Crippen LogP contribution >= 0.6 is 0 Å². The zero-order chi connectivity index (χ0) is 9.80. The van der Waals surface area contributed by atoms with Crippen LogP contribution in [0.3, 0.4) is 0 Å². The second-order valence-electron chi connectivity index (χ2n) is 3.69. The Labute approximate surface area is 84.4 Å². The Kier molecular flexibility index (Phi) is 2.99. The number of hydrogen-bond donors (Lipinski definition) is 1. The molecule has 1 aromatic rings. The molecule has 1 aliphatic heterocycles. The molecule has 0 aromatic carbocycles. The summed E-state index contributed by atoms with van der Waals surface area (Å²) in [5.74, 6) is 1.04. The van der Waals surface area contributed by atoms with Crippen LogP contribution in [0.2, 0.25) is 0 Å². The Morgan fingerprint density at radius 1 is 1.50 bits per heavy atom. The summed E-state index contributed by atoms with van der Waals surface area (Å²) < 4.78 is 0. The molecule has 2 rings (SSSR count). The van der Waals surface area contributed by atoms with Crippen molar-refractivity contribution in [3.63, 3.8) is 0 Å². The lowest BCUT2D eigenvalue weighted by Crippen LogP contribution is -2.30. The van der Waals surface area contributed by atoms with Crippen molar-refractivity contribution in [1.82, 2.24) is 4.98 Å². The summed E-state index contributed by atoms with van der Waals surface area (Å²) in [6, 6.07) is 6.46. The summed E-state index contributed by atoms with van der Waals surface area (Å²) in [4.78, 5) is 6.64. The maximum absolute atomic E-state index is 8.94. The summed E-state index contributed by atoms with van der Waals surface area (Å²) in [6.45, 7) is 1.34. The van der Waals surface area contributed by atoms with Gasteiger partial charge in [0.2, 0.25) is 0 Å². The highest BCUT2D eigenvalue weighted by atomic mass is 16.3. The smallest absolute Gasteiger partial charge is 0.128 e. The molecule has 1 saturated heterocycles. The SMILES string of the molecule is OCCC1CCCN1c1ccccn1. The van der Waals surface area contributed by atoms with Crippen LogP contribution in [0.25, 0.3) is 0 Å². The van der Waals surface area contributed by atoms with Gasteiger partial charge < -0.3 is 10.0 Å². The summed E-state index contributed by atoms with van der Waals surface area (Å²) in [7, 11) is 0.